The van der Waals surface area contributed by atoms with Gasteiger partial charge in [-0.05, 0) is 12.5 Å². The molecule has 1 aliphatic heterocycles. The molecule has 6 nitrogen and oxygen atoms in total. The van der Waals surface area contributed by atoms with Crippen molar-refractivity contribution in [2.24, 2.45) is 23.1 Å². The second-order valence-electron chi connectivity index (χ2n) is 2.78. The van der Waals surface area contributed by atoms with Gasteiger partial charge in [0.25, 0.3) is 0 Å². The van der Waals surface area contributed by atoms with E-state index in [0.29, 0.717) is 18.9 Å². The topological polar surface area (TPSA) is 124 Å². The quantitative estimate of drug-likeness (QED) is 0.430. The van der Waals surface area contributed by atoms with Gasteiger partial charge in [0.1, 0.15) is 0 Å². The van der Waals surface area contributed by atoms with Crippen LogP contribution in [0.1, 0.15) is 6.42 Å². The van der Waals surface area contributed by atoms with E-state index in [1.54, 1.807) is 0 Å². The number of primary amides is 1. The van der Waals surface area contributed by atoms with E-state index < -0.39 is 5.91 Å². The zero-order valence-electron chi connectivity index (χ0n) is 7.86. The highest BCUT2D eigenvalue weighted by molar-refractivity contribution is 5.85. The van der Waals surface area contributed by atoms with Crippen LogP contribution in [0.15, 0.2) is 0 Å². The van der Waals surface area contributed by atoms with E-state index in [0.717, 1.165) is 6.54 Å². The van der Waals surface area contributed by atoms with Gasteiger partial charge in [-0.25, -0.2) is 0 Å². The summed E-state index contributed by atoms with van der Waals surface area (Å²) in [5.41, 5.74) is 14.5. The number of halogens is 1. The minimum Gasteiger partial charge on any atom is -0.369 e. The smallest absolute Gasteiger partial charge is 0.231 e. The molecule has 1 heterocycles. The number of carbonyl (C=O) groups is 2. The maximum absolute atomic E-state index is 10.4. The molecular formula is C7H17ClN4O2. The van der Waals surface area contributed by atoms with E-state index in [9.17, 15) is 9.59 Å². The van der Waals surface area contributed by atoms with Crippen LogP contribution < -0.4 is 22.5 Å². The Morgan fingerprint density at radius 2 is 2.00 bits per heavy atom. The Morgan fingerprint density at radius 1 is 1.50 bits per heavy atom. The van der Waals surface area contributed by atoms with Gasteiger partial charge in [-0.2, -0.15) is 0 Å². The minimum absolute atomic E-state index is 0. The maximum atomic E-state index is 10.4. The van der Waals surface area contributed by atoms with Gasteiger partial charge in [0.15, 0.2) is 0 Å². The minimum atomic E-state index is -0.468. The van der Waals surface area contributed by atoms with Crippen LogP contribution in [0.2, 0.25) is 0 Å². The number of amides is 2. The molecule has 1 fully saturated rings. The van der Waals surface area contributed by atoms with Crippen molar-refractivity contribution in [2.45, 2.75) is 6.42 Å². The highest BCUT2D eigenvalue weighted by Crippen LogP contribution is 2.04. The number of nitrogens with two attached hydrogens (primary N) is 3. The molecular weight excluding hydrogens is 208 g/mol. The maximum Gasteiger partial charge on any atom is 0.231 e. The number of rotatable bonds is 2. The highest BCUT2D eigenvalue weighted by Gasteiger charge is 2.18. The van der Waals surface area contributed by atoms with Crippen LogP contribution in [0.5, 0.6) is 0 Å². The molecule has 1 rings (SSSR count). The predicted octanol–water partition coefficient (Wildman–Crippen LogP) is -2.07. The summed E-state index contributed by atoms with van der Waals surface area (Å²) in [7, 11) is 0. The number of carbonyl (C=O) groups excluding carboxylic acids is 2. The molecule has 0 aromatic heterocycles. The van der Waals surface area contributed by atoms with E-state index in [2.05, 4.69) is 11.1 Å². The lowest BCUT2D eigenvalue weighted by Gasteiger charge is -1.97. The van der Waals surface area contributed by atoms with Crippen LogP contribution in [0.25, 0.3) is 0 Å². The fraction of sp³-hybridized carbons (Fsp3) is 0.714. The lowest BCUT2D eigenvalue weighted by molar-refractivity contribution is -0.119. The summed E-state index contributed by atoms with van der Waals surface area (Å²) in [5, 5.41) is 2.70. The first kappa shape index (κ1) is 15.6. The Balaban J connectivity index is 0. The first-order chi connectivity index (χ1) is 6.10. The Hall–Kier alpha value is -0.850. The van der Waals surface area contributed by atoms with Gasteiger partial charge in [0.2, 0.25) is 11.8 Å². The summed E-state index contributed by atoms with van der Waals surface area (Å²) >= 11 is 0. The third-order valence-electron chi connectivity index (χ3n) is 1.60. The third kappa shape index (κ3) is 7.78. The van der Waals surface area contributed by atoms with E-state index in [4.69, 9.17) is 11.5 Å². The Labute approximate surface area is 89.0 Å². The monoisotopic (exact) mass is 224 g/mol. The average molecular weight is 225 g/mol. The van der Waals surface area contributed by atoms with Crippen molar-refractivity contribution in [1.29, 1.82) is 0 Å². The second-order valence-corrected chi connectivity index (χ2v) is 2.78. The van der Waals surface area contributed by atoms with Gasteiger partial charge in [-0.3, -0.25) is 9.59 Å². The zero-order chi connectivity index (χ0) is 10.3. The zero-order valence-corrected chi connectivity index (χ0v) is 8.68. The molecule has 0 bridgehead atoms. The van der Waals surface area contributed by atoms with Crippen LogP contribution in [0.4, 0.5) is 0 Å². The van der Waals surface area contributed by atoms with E-state index in [1.165, 1.54) is 0 Å². The van der Waals surface area contributed by atoms with Crippen molar-refractivity contribution in [1.82, 2.24) is 5.32 Å². The largest absolute Gasteiger partial charge is 0.369 e. The second kappa shape index (κ2) is 8.74. The molecule has 84 valence electrons. The first-order valence-electron chi connectivity index (χ1n) is 4.05. The van der Waals surface area contributed by atoms with Crippen molar-refractivity contribution in [3.8, 4) is 0 Å². The summed E-state index contributed by atoms with van der Waals surface area (Å²) < 4.78 is 0. The van der Waals surface area contributed by atoms with Gasteiger partial charge in [-0.15, -0.1) is 12.4 Å². The molecule has 7 N–H and O–H groups in total. The number of nitrogens with one attached hydrogen (secondary N) is 1. The van der Waals surface area contributed by atoms with E-state index in [1.807, 2.05) is 0 Å². The normalized spacial score (nSPS) is 18.7. The van der Waals surface area contributed by atoms with Gasteiger partial charge < -0.3 is 22.5 Å². The molecule has 0 spiro atoms. The van der Waals surface area contributed by atoms with Crippen LogP contribution in [0, 0.1) is 5.92 Å². The molecule has 14 heavy (non-hydrogen) atoms. The van der Waals surface area contributed by atoms with Crippen molar-refractivity contribution in [2.75, 3.05) is 19.6 Å². The van der Waals surface area contributed by atoms with Crippen molar-refractivity contribution >= 4 is 24.2 Å². The highest BCUT2D eigenvalue weighted by atomic mass is 35.5. The Bertz CT molecular complexity index is 189. The average Bonchev–Trinajstić information content (AvgIpc) is 2.52. The molecule has 7 heteroatoms. The summed E-state index contributed by atoms with van der Waals surface area (Å²) in [6, 6.07) is 0. The lowest BCUT2D eigenvalue weighted by atomic mass is 10.1. The summed E-state index contributed by atoms with van der Waals surface area (Å²) in [5.74, 6) is 0.0629. The summed E-state index contributed by atoms with van der Waals surface area (Å²) in [6.45, 7) is 1.34. The molecule has 1 aliphatic rings. The van der Waals surface area contributed by atoms with Gasteiger partial charge in [-0.1, -0.05) is 0 Å². The van der Waals surface area contributed by atoms with Crippen LogP contribution >= 0.6 is 12.4 Å². The standard InChI is InChI=1S/C5H10N2O.C2H6N2O.ClH/c6-2-4-1-5(8)7-3-4;3-1-2(4)5;/h4H,1-3,6H2,(H,7,8);1,3H2,(H2,4,5);1H. The van der Waals surface area contributed by atoms with Crippen molar-refractivity contribution in [3.05, 3.63) is 0 Å². The van der Waals surface area contributed by atoms with Crippen LogP contribution in [0.3, 0.4) is 0 Å². The molecule has 0 saturated carbocycles. The Morgan fingerprint density at radius 3 is 2.14 bits per heavy atom. The third-order valence-corrected chi connectivity index (χ3v) is 1.60. The molecule has 0 radical (unpaired) electrons. The van der Waals surface area contributed by atoms with Crippen LogP contribution in [-0.4, -0.2) is 31.4 Å². The van der Waals surface area contributed by atoms with Gasteiger partial charge >= 0.3 is 0 Å². The fourth-order valence-electron chi connectivity index (χ4n) is 0.831. The SMILES string of the molecule is Cl.NCC(N)=O.NCC1CNC(=O)C1. The molecule has 1 atom stereocenters. The lowest BCUT2D eigenvalue weighted by Crippen LogP contribution is -2.21. The predicted molar refractivity (Wildman–Crippen MR) is 55.7 cm³/mol. The number of hydrogen-bond acceptors (Lipinski definition) is 4. The van der Waals surface area contributed by atoms with E-state index in [-0.39, 0.29) is 24.9 Å². The molecule has 0 aromatic carbocycles. The fourth-order valence-corrected chi connectivity index (χ4v) is 0.831. The molecule has 2 amide bonds. The summed E-state index contributed by atoms with van der Waals surface area (Å²) in [6.07, 6.45) is 0.622. The molecule has 0 aliphatic carbocycles. The summed E-state index contributed by atoms with van der Waals surface area (Å²) in [4.78, 5) is 19.9. The number of hydrogen-bond donors (Lipinski definition) is 4. The van der Waals surface area contributed by atoms with Crippen molar-refractivity contribution < 1.29 is 9.59 Å². The van der Waals surface area contributed by atoms with Gasteiger partial charge in [0, 0.05) is 13.0 Å². The van der Waals surface area contributed by atoms with Crippen LogP contribution in [-0.2, 0) is 9.59 Å². The van der Waals surface area contributed by atoms with Crippen molar-refractivity contribution in [3.63, 3.8) is 0 Å². The van der Waals surface area contributed by atoms with Gasteiger partial charge in [0.05, 0.1) is 6.54 Å². The first-order valence-corrected chi connectivity index (χ1v) is 4.05. The molecule has 0 aromatic rings. The Kier molecular flexibility index (Phi) is 9.74. The molecule has 1 saturated heterocycles. The van der Waals surface area contributed by atoms with E-state index >= 15 is 0 Å². The molecule has 1 unspecified atom stereocenters.